The zero-order valence-corrected chi connectivity index (χ0v) is 29.8. The number of benzene rings is 3. The third kappa shape index (κ3) is 6.22. The summed E-state index contributed by atoms with van der Waals surface area (Å²) in [6.45, 7) is 19.0. The summed E-state index contributed by atoms with van der Waals surface area (Å²) in [7, 11) is 0. The number of allylic oxidation sites excluding steroid dienone is 4. The van der Waals surface area contributed by atoms with Gasteiger partial charge in [0, 0.05) is 0 Å². The predicted octanol–water partition coefficient (Wildman–Crippen LogP) is 3.77. The van der Waals surface area contributed by atoms with E-state index in [1.54, 1.807) is 14.4 Å². The van der Waals surface area contributed by atoms with Gasteiger partial charge in [0.25, 0.3) is 0 Å². The second-order valence-corrected chi connectivity index (χ2v) is 22.9. The molecule has 0 saturated carbocycles. The van der Waals surface area contributed by atoms with Crippen molar-refractivity contribution in [1.29, 1.82) is 0 Å². The summed E-state index contributed by atoms with van der Waals surface area (Å²) in [5, 5.41) is 0. The average Bonchev–Trinajstić information content (AvgIpc) is 3.47. The molecule has 2 aliphatic carbocycles. The predicted molar refractivity (Wildman–Crippen MR) is 159 cm³/mol. The van der Waals surface area contributed by atoms with E-state index >= 15 is 0 Å². The summed E-state index contributed by atoms with van der Waals surface area (Å²) in [6.07, 6.45) is 9.64. The van der Waals surface area contributed by atoms with Crippen molar-refractivity contribution in [2.75, 3.05) is 0 Å². The Hall–Kier alpha value is -1.54. The van der Waals surface area contributed by atoms with Crippen LogP contribution in [0.1, 0.15) is 86.9 Å². The van der Waals surface area contributed by atoms with Gasteiger partial charge in [0.1, 0.15) is 0 Å². The third-order valence-electron chi connectivity index (χ3n) is 8.14. The molecule has 0 unspecified atom stereocenters. The molecule has 0 heterocycles. The Morgan fingerprint density at radius 1 is 0.667 bits per heavy atom. The van der Waals surface area contributed by atoms with Gasteiger partial charge >= 0.3 is 234 Å². The summed E-state index contributed by atoms with van der Waals surface area (Å²) in [4.78, 5) is 0. The molecule has 3 heteroatoms. The van der Waals surface area contributed by atoms with Crippen LogP contribution in [0.4, 0.5) is 0 Å². The monoisotopic (exact) mass is 724 g/mol. The number of halogens is 2. The van der Waals surface area contributed by atoms with Crippen LogP contribution < -0.4 is 24.8 Å². The molecule has 0 nitrogen and oxygen atoms in total. The van der Waals surface area contributed by atoms with Gasteiger partial charge in [0.15, 0.2) is 0 Å². The molecule has 204 valence electrons. The van der Waals surface area contributed by atoms with Crippen LogP contribution >= 0.6 is 0 Å². The van der Waals surface area contributed by atoms with Crippen LogP contribution in [-0.2, 0) is 31.8 Å². The Kier molecular flexibility index (Phi) is 9.95. The standard InChI is InChI=1S/C21H25.C10H12.C5H5.2ClH.Hf/c1-20(2,3)16-7-9-18-14(12-16)11-15-13-17(21(4,5)6)8-10-19(15)18;1-9(2)8-10-6-4-3-5-7-10;1-2-4-5-3-1;;;/h7-13H,1-6H3;3-7,9H,1-2H3;1-5H;2*1H;/q;;;;;+2/p-2. The maximum atomic E-state index is 2.59. The Balaban J connectivity index is 0.00000210. The topological polar surface area (TPSA) is 0 Å². The summed E-state index contributed by atoms with van der Waals surface area (Å²) >= 11 is -2.67. The van der Waals surface area contributed by atoms with E-state index in [0.717, 1.165) is 0 Å². The molecular weight excluding hydrogens is 682 g/mol. The summed E-state index contributed by atoms with van der Waals surface area (Å²) in [6, 6.07) is 26.2. The van der Waals surface area contributed by atoms with Crippen LogP contribution in [0.3, 0.4) is 0 Å². The van der Waals surface area contributed by atoms with Crippen molar-refractivity contribution in [3.8, 4) is 11.1 Å². The molecule has 0 aliphatic heterocycles. The van der Waals surface area contributed by atoms with E-state index in [4.69, 9.17) is 0 Å². The molecule has 0 aromatic heterocycles. The van der Waals surface area contributed by atoms with E-state index in [9.17, 15) is 0 Å². The van der Waals surface area contributed by atoms with Gasteiger partial charge in [-0.15, -0.1) is 0 Å². The first-order valence-corrected chi connectivity index (χ1v) is 19.8. The normalized spacial score (nSPS) is 15.1. The maximum absolute atomic E-state index is 2.67. The van der Waals surface area contributed by atoms with Crippen LogP contribution in [-0.4, -0.2) is 3.26 Å². The third-order valence-corrected chi connectivity index (χ3v) is 21.9. The molecule has 0 radical (unpaired) electrons. The van der Waals surface area contributed by atoms with E-state index < -0.39 is 21.0 Å². The van der Waals surface area contributed by atoms with Crippen molar-refractivity contribution in [3.63, 3.8) is 0 Å². The molecule has 3 aromatic rings. The van der Waals surface area contributed by atoms with E-state index in [1.807, 2.05) is 0 Å². The first-order valence-electron chi connectivity index (χ1n) is 13.9. The van der Waals surface area contributed by atoms with Gasteiger partial charge in [-0.25, -0.2) is 0 Å². The Morgan fingerprint density at radius 3 is 1.54 bits per heavy atom. The number of hydrogen-bond donors (Lipinski definition) is 0. The van der Waals surface area contributed by atoms with Crippen molar-refractivity contribution < 1.29 is 45.8 Å². The van der Waals surface area contributed by atoms with Crippen LogP contribution in [0.15, 0.2) is 91.0 Å². The molecule has 0 atom stereocenters. The zero-order valence-electron chi connectivity index (χ0n) is 24.6. The van der Waals surface area contributed by atoms with Gasteiger partial charge in [0.05, 0.1) is 0 Å². The largest absolute Gasteiger partial charge is 1.00 e. The number of rotatable bonds is 4. The summed E-state index contributed by atoms with van der Waals surface area (Å²) in [5.74, 6) is 0.538. The quantitative estimate of drug-likeness (QED) is 0.360. The number of hydrogen-bond acceptors (Lipinski definition) is 0. The smallest absolute Gasteiger partial charge is 1.00 e. The fourth-order valence-electron chi connectivity index (χ4n) is 6.15. The van der Waals surface area contributed by atoms with E-state index in [1.165, 1.54) is 27.8 Å². The molecule has 0 amide bonds. The van der Waals surface area contributed by atoms with Crippen molar-refractivity contribution in [2.45, 2.75) is 73.6 Å². The van der Waals surface area contributed by atoms with Crippen LogP contribution in [0.5, 0.6) is 0 Å². The maximum Gasteiger partial charge on any atom is -1.00 e. The van der Waals surface area contributed by atoms with Crippen LogP contribution in [0, 0.1) is 5.92 Å². The second-order valence-electron chi connectivity index (χ2n) is 13.2. The van der Waals surface area contributed by atoms with Crippen molar-refractivity contribution in [3.05, 3.63) is 119 Å². The molecule has 5 rings (SSSR count). The molecule has 0 spiro atoms. The van der Waals surface area contributed by atoms with Crippen molar-refractivity contribution >= 4 is 3.26 Å². The summed E-state index contributed by atoms with van der Waals surface area (Å²) in [5.41, 5.74) is 10.8. The minimum atomic E-state index is -2.67. The Bertz CT molecular complexity index is 1340. The molecule has 0 N–H and O–H groups in total. The molecule has 0 saturated heterocycles. The minimum absolute atomic E-state index is 0. The van der Waals surface area contributed by atoms with Gasteiger partial charge in [0.2, 0.25) is 0 Å². The van der Waals surface area contributed by atoms with E-state index in [-0.39, 0.29) is 35.6 Å². The van der Waals surface area contributed by atoms with Gasteiger partial charge in [-0.05, 0) is 0 Å². The SMILES string of the molecule is CC(C)[C](c1ccccc1)=[Hf+2]([CH]1C=CC=C1)[CH]1c2cc(C(C)(C)C)ccc2-c2ccc(C(C)(C)C)cc21.[Cl-].[Cl-]. The fourth-order valence-corrected chi connectivity index (χ4v) is 20.5. The Morgan fingerprint density at radius 2 is 1.13 bits per heavy atom. The van der Waals surface area contributed by atoms with E-state index in [0.29, 0.717) is 13.3 Å². The molecule has 2 aliphatic rings. The van der Waals surface area contributed by atoms with Gasteiger partial charge < -0.3 is 24.8 Å². The first-order chi connectivity index (χ1) is 17.5. The molecule has 0 bridgehead atoms. The van der Waals surface area contributed by atoms with Gasteiger partial charge in [-0.3, -0.25) is 0 Å². The zero-order chi connectivity index (χ0) is 26.5. The van der Waals surface area contributed by atoms with Gasteiger partial charge in [-0.1, -0.05) is 0 Å². The summed E-state index contributed by atoms with van der Waals surface area (Å²) < 4.78 is 2.88. The van der Waals surface area contributed by atoms with Gasteiger partial charge in [-0.2, -0.15) is 0 Å². The molecule has 39 heavy (non-hydrogen) atoms. The van der Waals surface area contributed by atoms with E-state index in [2.05, 4.69) is 146 Å². The minimum Gasteiger partial charge on any atom is -1.00 e. The fraction of sp³-hybridized carbons (Fsp3) is 0.361. The van der Waals surface area contributed by atoms with Crippen molar-refractivity contribution in [2.24, 2.45) is 5.92 Å². The second kappa shape index (κ2) is 12.1. The average molecular weight is 724 g/mol. The molecule has 3 aromatic carbocycles. The van der Waals surface area contributed by atoms with Crippen LogP contribution in [0.2, 0.25) is 3.67 Å². The first kappa shape index (κ1) is 32.0. The number of fused-ring (bicyclic) bond motifs is 3. The molecule has 0 fully saturated rings. The van der Waals surface area contributed by atoms with Crippen molar-refractivity contribution in [1.82, 2.24) is 0 Å². The Labute approximate surface area is 256 Å². The molecular formula is C36H42Cl2Hf. The van der Waals surface area contributed by atoms with Crippen LogP contribution in [0.25, 0.3) is 11.1 Å².